The zero-order chi connectivity index (χ0) is 15.4. The van der Waals surface area contributed by atoms with E-state index in [1.54, 1.807) is 11.5 Å². The first kappa shape index (κ1) is 16.1. The zero-order valence-corrected chi connectivity index (χ0v) is 13.4. The Kier molecular flexibility index (Phi) is 5.46. The lowest BCUT2D eigenvalue weighted by Gasteiger charge is -2.16. The van der Waals surface area contributed by atoms with Crippen molar-refractivity contribution < 1.29 is 9.53 Å². The molecule has 1 heterocycles. The molecule has 1 aromatic heterocycles. The number of nitrogens with one attached hydrogen (secondary N) is 2. The molecule has 2 N–H and O–H groups in total. The monoisotopic (exact) mass is 314 g/mol. The van der Waals surface area contributed by atoms with Crippen LogP contribution in [0.2, 0.25) is 0 Å². The minimum Gasteiger partial charge on any atom is -0.465 e. The first-order chi connectivity index (χ1) is 10.0. The lowest BCUT2D eigenvalue weighted by Crippen LogP contribution is -2.41. The van der Waals surface area contributed by atoms with Crippen molar-refractivity contribution in [3.05, 3.63) is 10.5 Å². The van der Waals surface area contributed by atoms with Crippen LogP contribution in [0.5, 0.6) is 0 Å². The molecule has 0 radical (unpaired) electrons. The highest BCUT2D eigenvalue weighted by atomic mass is 32.2. The number of nitrogens with zero attached hydrogens (tertiary/aromatic N) is 2. The SMILES string of the molecule is CCOC(=O)C(CSc1n[nH]c(=O)n1C(C)C)NC1CC1. The van der Waals surface area contributed by atoms with Gasteiger partial charge in [-0.2, -0.15) is 0 Å². The molecule has 1 fully saturated rings. The number of aromatic nitrogens is 3. The molecule has 2 rings (SSSR count). The molecule has 1 saturated carbocycles. The number of hydrogen-bond acceptors (Lipinski definition) is 6. The third kappa shape index (κ3) is 4.34. The first-order valence-electron chi connectivity index (χ1n) is 7.25. The van der Waals surface area contributed by atoms with E-state index in [4.69, 9.17) is 4.74 Å². The van der Waals surface area contributed by atoms with Gasteiger partial charge in [0.1, 0.15) is 6.04 Å². The molecule has 118 valence electrons. The van der Waals surface area contributed by atoms with Gasteiger partial charge in [0.2, 0.25) is 0 Å². The smallest absolute Gasteiger partial charge is 0.344 e. The molecule has 1 unspecified atom stereocenters. The third-order valence-electron chi connectivity index (χ3n) is 3.15. The minimum atomic E-state index is -0.366. The molecule has 0 spiro atoms. The number of carbonyl (C=O) groups excluding carboxylic acids is 1. The Morgan fingerprint density at radius 2 is 2.29 bits per heavy atom. The van der Waals surface area contributed by atoms with Crippen LogP contribution in [-0.2, 0) is 9.53 Å². The molecular formula is C13H22N4O3S. The molecule has 0 saturated heterocycles. The summed E-state index contributed by atoms with van der Waals surface area (Å²) in [5.74, 6) is 0.248. The maximum Gasteiger partial charge on any atom is 0.344 e. The highest BCUT2D eigenvalue weighted by Crippen LogP contribution is 2.23. The van der Waals surface area contributed by atoms with Gasteiger partial charge in [-0.25, -0.2) is 9.89 Å². The van der Waals surface area contributed by atoms with Crippen LogP contribution in [0.15, 0.2) is 9.95 Å². The molecule has 8 heteroatoms. The average Bonchev–Trinajstić information content (AvgIpc) is 3.16. The molecule has 1 aromatic rings. The Labute approximate surface area is 127 Å². The molecule has 7 nitrogen and oxygen atoms in total. The van der Waals surface area contributed by atoms with Gasteiger partial charge in [-0.15, -0.1) is 5.10 Å². The van der Waals surface area contributed by atoms with Crippen LogP contribution in [0.3, 0.4) is 0 Å². The van der Waals surface area contributed by atoms with Crippen molar-refractivity contribution in [1.82, 2.24) is 20.1 Å². The predicted molar refractivity (Wildman–Crippen MR) is 80.5 cm³/mol. The van der Waals surface area contributed by atoms with Crippen molar-refractivity contribution >= 4 is 17.7 Å². The topological polar surface area (TPSA) is 89.0 Å². The van der Waals surface area contributed by atoms with Crippen molar-refractivity contribution in [2.24, 2.45) is 0 Å². The summed E-state index contributed by atoms with van der Waals surface area (Å²) in [6.45, 7) is 6.01. The fourth-order valence-electron chi connectivity index (χ4n) is 1.97. The van der Waals surface area contributed by atoms with E-state index < -0.39 is 0 Å². The summed E-state index contributed by atoms with van der Waals surface area (Å²) in [6.07, 6.45) is 2.19. The van der Waals surface area contributed by atoms with Gasteiger partial charge in [-0.3, -0.25) is 9.36 Å². The van der Waals surface area contributed by atoms with E-state index in [0.29, 0.717) is 23.6 Å². The standard InChI is InChI=1S/C13H22N4O3S/c1-4-20-11(18)10(14-9-5-6-9)7-21-13-16-15-12(19)17(13)8(2)3/h8-10,14H,4-7H2,1-3H3,(H,15,19). The van der Waals surface area contributed by atoms with E-state index >= 15 is 0 Å². The number of thioether (sulfide) groups is 1. The van der Waals surface area contributed by atoms with Crippen molar-refractivity contribution in [3.8, 4) is 0 Å². The van der Waals surface area contributed by atoms with Crippen LogP contribution < -0.4 is 11.0 Å². The van der Waals surface area contributed by atoms with Gasteiger partial charge >= 0.3 is 11.7 Å². The molecular weight excluding hydrogens is 292 g/mol. The van der Waals surface area contributed by atoms with Gasteiger partial charge in [-0.1, -0.05) is 11.8 Å². The molecule has 1 aliphatic carbocycles. The van der Waals surface area contributed by atoms with Crippen LogP contribution in [-0.4, -0.2) is 45.2 Å². The van der Waals surface area contributed by atoms with Gasteiger partial charge in [-0.05, 0) is 33.6 Å². The van der Waals surface area contributed by atoms with Gasteiger partial charge < -0.3 is 10.1 Å². The van der Waals surface area contributed by atoms with E-state index in [1.807, 2.05) is 13.8 Å². The molecule has 0 aliphatic heterocycles. The Morgan fingerprint density at radius 3 is 2.86 bits per heavy atom. The van der Waals surface area contributed by atoms with Gasteiger partial charge in [0.25, 0.3) is 0 Å². The Balaban J connectivity index is 2.00. The number of ether oxygens (including phenoxy) is 1. The van der Waals surface area contributed by atoms with Crippen molar-refractivity contribution in [2.45, 2.75) is 56.9 Å². The van der Waals surface area contributed by atoms with E-state index in [1.165, 1.54) is 11.8 Å². The van der Waals surface area contributed by atoms with Gasteiger partial charge in [0, 0.05) is 17.8 Å². The summed E-state index contributed by atoms with van der Waals surface area (Å²) in [5, 5.41) is 10.3. The summed E-state index contributed by atoms with van der Waals surface area (Å²) in [5.41, 5.74) is -0.227. The number of H-pyrrole nitrogens is 1. The number of aromatic amines is 1. The Morgan fingerprint density at radius 1 is 1.57 bits per heavy atom. The largest absolute Gasteiger partial charge is 0.465 e. The molecule has 1 atom stereocenters. The number of carbonyl (C=O) groups is 1. The van der Waals surface area contributed by atoms with Gasteiger partial charge in [0.15, 0.2) is 5.16 Å². The maximum atomic E-state index is 12.0. The average molecular weight is 314 g/mol. The quantitative estimate of drug-likeness (QED) is 0.548. The van der Waals surface area contributed by atoms with Crippen LogP contribution in [0.4, 0.5) is 0 Å². The van der Waals surface area contributed by atoms with Crippen LogP contribution in [0.25, 0.3) is 0 Å². The van der Waals surface area contributed by atoms with E-state index in [0.717, 1.165) is 12.8 Å². The molecule has 0 bridgehead atoms. The fraction of sp³-hybridized carbons (Fsp3) is 0.769. The van der Waals surface area contributed by atoms with E-state index in [2.05, 4.69) is 15.5 Å². The summed E-state index contributed by atoms with van der Waals surface area (Å²) >= 11 is 1.39. The zero-order valence-electron chi connectivity index (χ0n) is 12.6. The molecule has 1 aliphatic rings. The first-order valence-corrected chi connectivity index (χ1v) is 8.23. The number of rotatable bonds is 8. The maximum absolute atomic E-state index is 12.0. The van der Waals surface area contributed by atoms with Crippen molar-refractivity contribution in [3.63, 3.8) is 0 Å². The second-order valence-corrected chi connectivity index (χ2v) is 6.32. The Bertz CT molecular complexity index is 536. The number of hydrogen-bond donors (Lipinski definition) is 2. The summed E-state index contributed by atoms with van der Waals surface area (Å²) in [7, 11) is 0. The normalized spacial score (nSPS) is 16.2. The fourth-order valence-corrected chi connectivity index (χ4v) is 3.06. The van der Waals surface area contributed by atoms with Crippen LogP contribution >= 0.6 is 11.8 Å². The Hall–Kier alpha value is -1.28. The number of esters is 1. The second kappa shape index (κ2) is 7.13. The predicted octanol–water partition coefficient (Wildman–Crippen LogP) is 0.928. The second-order valence-electron chi connectivity index (χ2n) is 5.33. The minimum absolute atomic E-state index is 0.0242. The van der Waals surface area contributed by atoms with Crippen molar-refractivity contribution in [1.29, 1.82) is 0 Å². The summed E-state index contributed by atoms with van der Waals surface area (Å²) in [4.78, 5) is 23.6. The van der Waals surface area contributed by atoms with Gasteiger partial charge in [0.05, 0.1) is 6.61 Å². The lowest BCUT2D eigenvalue weighted by molar-refractivity contribution is -0.145. The highest BCUT2D eigenvalue weighted by molar-refractivity contribution is 7.99. The molecule has 0 aromatic carbocycles. The molecule has 21 heavy (non-hydrogen) atoms. The van der Waals surface area contributed by atoms with E-state index in [9.17, 15) is 9.59 Å². The summed E-state index contributed by atoms with van der Waals surface area (Å²) < 4.78 is 6.68. The van der Waals surface area contributed by atoms with E-state index in [-0.39, 0.29) is 23.7 Å². The van der Waals surface area contributed by atoms with Crippen LogP contribution in [0.1, 0.15) is 39.7 Å². The molecule has 0 amide bonds. The lowest BCUT2D eigenvalue weighted by atomic mass is 10.3. The van der Waals surface area contributed by atoms with Crippen LogP contribution in [0, 0.1) is 0 Å². The third-order valence-corrected chi connectivity index (χ3v) is 4.20. The summed E-state index contributed by atoms with van der Waals surface area (Å²) in [6, 6.07) is 0.0672. The van der Waals surface area contributed by atoms with Crippen molar-refractivity contribution in [2.75, 3.05) is 12.4 Å². The highest BCUT2D eigenvalue weighted by Gasteiger charge is 2.29.